The van der Waals surface area contributed by atoms with Gasteiger partial charge in [0.15, 0.2) is 12.3 Å². The molecule has 0 saturated carbocycles. The molecule has 0 aliphatic carbocycles. The van der Waals surface area contributed by atoms with Crippen LogP contribution < -0.4 is 11.0 Å². The fraction of sp³-hybridized carbons (Fsp3) is 0.280. The van der Waals surface area contributed by atoms with E-state index in [0.29, 0.717) is 5.56 Å². The molecule has 0 bridgehead atoms. The Morgan fingerprint density at radius 1 is 1.14 bits per heavy atom. The van der Waals surface area contributed by atoms with Crippen LogP contribution in [0.2, 0.25) is 0 Å². The number of carbonyl (C=O) groups excluding carboxylic acids is 2. The zero-order chi connectivity index (χ0) is 26.2. The second-order valence-corrected chi connectivity index (χ2v) is 8.16. The minimum absolute atomic E-state index is 0.0141. The summed E-state index contributed by atoms with van der Waals surface area (Å²) in [7, 11) is 0. The Balaban J connectivity index is 1.53. The van der Waals surface area contributed by atoms with Crippen molar-refractivity contribution >= 4 is 17.7 Å². The average molecular weight is 505 g/mol. The first-order chi connectivity index (χ1) is 18.0. The number of nitrogens with one attached hydrogen (secondary N) is 1. The van der Waals surface area contributed by atoms with Gasteiger partial charge >= 0.3 is 11.7 Å². The van der Waals surface area contributed by atoms with Crippen molar-refractivity contribution in [3.8, 4) is 0 Å². The third-order valence-electron chi connectivity index (χ3n) is 5.58. The number of anilines is 1. The maximum Gasteiger partial charge on any atom is 0.351 e. The van der Waals surface area contributed by atoms with Gasteiger partial charge in [0.25, 0.3) is 5.91 Å². The van der Waals surface area contributed by atoms with Gasteiger partial charge in [-0.2, -0.15) is 4.98 Å². The van der Waals surface area contributed by atoms with E-state index >= 15 is 0 Å². The van der Waals surface area contributed by atoms with Gasteiger partial charge in [-0.25, -0.2) is 4.79 Å². The van der Waals surface area contributed by atoms with E-state index in [4.69, 9.17) is 19.7 Å². The highest BCUT2D eigenvalue weighted by Gasteiger charge is 2.48. The van der Waals surface area contributed by atoms with E-state index in [9.17, 15) is 14.4 Å². The first-order valence-electron chi connectivity index (χ1n) is 11.4. The van der Waals surface area contributed by atoms with Gasteiger partial charge in [0, 0.05) is 23.6 Å². The summed E-state index contributed by atoms with van der Waals surface area (Å²) in [5, 5.41) is 6.33. The van der Waals surface area contributed by atoms with Crippen molar-refractivity contribution < 1.29 is 23.8 Å². The first kappa shape index (κ1) is 25.6. The van der Waals surface area contributed by atoms with Crippen LogP contribution in [0.1, 0.15) is 29.1 Å². The number of rotatable bonds is 9. The van der Waals surface area contributed by atoms with Crippen LogP contribution in [-0.4, -0.2) is 46.3 Å². The molecule has 12 nitrogen and oxygen atoms in total. The maximum atomic E-state index is 12.9. The lowest BCUT2D eigenvalue weighted by atomic mass is 10.1. The predicted molar refractivity (Wildman–Crippen MR) is 131 cm³/mol. The number of ether oxygens (including phenoxy) is 3. The third-order valence-corrected chi connectivity index (χ3v) is 5.58. The molecule has 1 aromatic heterocycles. The fourth-order valence-electron chi connectivity index (χ4n) is 3.92. The highest BCUT2D eigenvalue weighted by molar-refractivity contribution is 6.03. The van der Waals surface area contributed by atoms with Gasteiger partial charge in [-0.3, -0.25) is 14.2 Å². The minimum Gasteiger partial charge on any atom is -0.457 e. The van der Waals surface area contributed by atoms with E-state index < -0.39 is 42.0 Å². The third kappa shape index (κ3) is 6.39. The second-order valence-electron chi connectivity index (χ2n) is 8.16. The van der Waals surface area contributed by atoms with E-state index in [1.54, 1.807) is 30.3 Å². The molecule has 12 heteroatoms. The lowest BCUT2D eigenvalue weighted by Gasteiger charge is -2.22. The van der Waals surface area contributed by atoms with Crippen LogP contribution in [0.25, 0.3) is 10.4 Å². The molecule has 1 amide bonds. The smallest absolute Gasteiger partial charge is 0.351 e. The van der Waals surface area contributed by atoms with Crippen molar-refractivity contribution in [2.45, 2.75) is 38.0 Å². The average Bonchev–Trinajstić information content (AvgIpc) is 3.21. The maximum absolute atomic E-state index is 12.9. The zero-order valence-electron chi connectivity index (χ0n) is 19.8. The summed E-state index contributed by atoms with van der Waals surface area (Å²) >= 11 is 0. The van der Waals surface area contributed by atoms with Crippen LogP contribution in [0, 0.1) is 0 Å². The number of benzene rings is 2. The van der Waals surface area contributed by atoms with Crippen molar-refractivity contribution in [1.82, 2.24) is 9.55 Å². The van der Waals surface area contributed by atoms with Crippen LogP contribution in [-0.2, 0) is 25.6 Å². The van der Waals surface area contributed by atoms with Gasteiger partial charge in [0.1, 0.15) is 11.9 Å². The fourth-order valence-corrected chi connectivity index (χ4v) is 3.92. The Morgan fingerprint density at radius 3 is 2.49 bits per heavy atom. The molecular weight excluding hydrogens is 480 g/mol. The topological polar surface area (TPSA) is 158 Å². The molecule has 0 spiro atoms. The number of esters is 1. The number of hydrogen-bond acceptors (Lipinski definition) is 8. The summed E-state index contributed by atoms with van der Waals surface area (Å²) in [5.74, 6) is -1.04. The number of amides is 1. The molecule has 1 fully saturated rings. The first-order valence-corrected chi connectivity index (χ1v) is 11.4. The lowest BCUT2D eigenvalue weighted by molar-refractivity contribution is -0.153. The van der Waals surface area contributed by atoms with Crippen LogP contribution in [0.5, 0.6) is 0 Å². The quantitative estimate of drug-likeness (QED) is 0.203. The van der Waals surface area contributed by atoms with Crippen molar-refractivity contribution in [3.05, 3.63) is 105 Å². The van der Waals surface area contributed by atoms with Crippen molar-refractivity contribution in [3.63, 3.8) is 0 Å². The van der Waals surface area contributed by atoms with E-state index in [1.165, 1.54) is 19.2 Å². The van der Waals surface area contributed by atoms with Crippen molar-refractivity contribution in [1.29, 1.82) is 0 Å². The molecule has 4 atom stereocenters. The van der Waals surface area contributed by atoms with Gasteiger partial charge in [0.2, 0.25) is 0 Å². The van der Waals surface area contributed by atoms with Crippen LogP contribution in [0.3, 0.4) is 0 Å². The van der Waals surface area contributed by atoms with Gasteiger partial charge < -0.3 is 19.5 Å². The standard InChI is InChI=1S/C25H24N6O6/c1-16(32)36-22-21(29-30-26)19(15-35-14-17-8-4-2-5-9-17)37-24(22)31-13-12-20(28-25(31)34)27-23(33)18-10-6-3-7-11-18/h2-13,19,21-22,24H,14-15H2,1H3,(H,27,28,33,34)/t19-,21-,22-,24-/m1/s1. The summed E-state index contributed by atoms with van der Waals surface area (Å²) in [5.41, 5.74) is 9.69. The molecular formula is C25H24N6O6. The number of azide groups is 1. The molecule has 1 aliphatic heterocycles. The SMILES string of the molecule is CC(=O)O[C@@H]1[C@H](N=[N+]=[N-])[C@@H](COCc2ccccc2)O[C@H]1n1ccc(NC(=O)c2ccccc2)nc1=O. The Labute approximate surface area is 211 Å². The van der Waals surface area contributed by atoms with E-state index in [2.05, 4.69) is 20.3 Å². The highest BCUT2D eigenvalue weighted by Crippen LogP contribution is 2.34. The predicted octanol–water partition coefficient (Wildman–Crippen LogP) is 3.22. The monoisotopic (exact) mass is 504 g/mol. The number of nitrogens with zero attached hydrogens (tertiary/aromatic N) is 5. The number of hydrogen-bond donors (Lipinski definition) is 1. The highest BCUT2D eigenvalue weighted by atomic mass is 16.6. The van der Waals surface area contributed by atoms with Crippen LogP contribution >= 0.6 is 0 Å². The zero-order valence-corrected chi connectivity index (χ0v) is 19.8. The molecule has 3 aromatic rings. The Hall–Kier alpha value is -4.51. The summed E-state index contributed by atoms with van der Waals surface area (Å²) in [4.78, 5) is 43.9. The summed E-state index contributed by atoms with van der Waals surface area (Å²) in [6.45, 7) is 1.50. The molecule has 0 radical (unpaired) electrons. The van der Waals surface area contributed by atoms with Crippen molar-refractivity contribution in [2.24, 2.45) is 5.11 Å². The minimum atomic E-state index is -1.14. The van der Waals surface area contributed by atoms with Crippen LogP contribution in [0.15, 0.2) is 82.8 Å². The Morgan fingerprint density at radius 2 is 1.84 bits per heavy atom. The summed E-state index contributed by atoms with van der Waals surface area (Å²) in [6, 6.07) is 18.4. The normalized spacial score (nSPS) is 20.6. The number of carbonyl (C=O) groups is 2. The van der Waals surface area contributed by atoms with Gasteiger partial charge in [-0.1, -0.05) is 53.6 Å². The molecule has 190 valence electrons. The van der Waals surface area contributed by atoms with Crippen molar-refractivity contribution in [2.75, 3.05) is 11.9 Å². The molecule has 1 N–H and O–H groups in total. The Bertz CT molecular complexity index is 1340. The molecule has 1 saturated heterocycles. The molecule has 2 aromatic carbocycles. The van der Waals surface area contributed by atoms with E-state index in [0.717, 1.165) is 10.1 Å². The summed E-state index contributed by atoms with van der Waals surface area (Å²) < 4.78 is 18.3. The number of aromatic nitrogens is 2. The van der Waals surface area contributed by atoms with Gasteiger partial charge in [-0.05, 0) is 29.3 Å². The molecule has 1 aliphatic rings. The van der Waals surface area contributed by atoms with Gasteiger partial charge in [-0.15, -0.1) is 0 Å². The van der Waals surface area contributed by atoms with Gasteiger partial charge in [0.05, 0.1) is 19.3 Å². The molecule has 2 heterocycles. The molecule has 0 unspecified atom stereocenters. The largest absolute Gasteiger partial charge is 0.457 e. The second kappa shape index (κ2) is 12.0. The lowest BCUT2D eigenvalue weighted by Crippen LogP contribution is -2.38. The Kier molecular flexibility index (Phi) is 8.26. The van der Waals surface area contributed by atoms with E-state index in [-0.39, 0.29) is 19.0 Å². The molecule has 4 rings (SSSR count). The van der Waals surface area contributed by atoms with E-state index in [1.807, 2.05) is 30.3 Å². The summed E-state index contributed by atoms with van der Waals surface area (Å²) in [6.07, 6.45) is -1.69. The van der Waals surface area contributed by atoms with Crippen LogP contribution in [0.4, 0.5) is 5.82 Å². The molecule has 37 heavy (non-hydrogen) atoms.